The van der Waals surface area contributed by atoms with Crippen molar-refractivity contribution in [1.29, 1.82) is 0 Å². The predicted molar refractivity (Wildman–Crippen MR) is 139 cm³/mol. The van der Waals surface area contributed by atoms with E-state index in [1.165, 1.54) is 29.1 Å². The molecule has 2 amide bonds. The number of alkyl halides is 3. The molecular weight excluding hydrogens is 579 g/mol. The molecule has 1 aliphatic carbocycles. The van der Waals surface area contributed by atoms with E-state index in [9.17, 15) is 31.2 Å². The van der Waals surface area contributed by atoms with E-state index >= 15 is 0 Å². The van der Waals surface area contributed by atoms with Gasteiger partial charge in [-0.25, -0.2) is 13.2 Å². The van der Waals surface area contributed by atoms with Gasteiger partial charge in [-0.05, 0) is 64.2 Å². The van der Waals surface area contributed by atoms with Crippen LogP contribution in [-0.4, -0.2) is 54.6 Å². The average Bonchev–Trinajstić information content (AvgIpc) is 3.61. The summed E-state index contributed by atoms with van der Waals surface area (Å²) in [5, 5.41) is 5.94. The first-order valence-electron chi connectivity index (χ1n) is 12.5. The molecule has 1 unspecified atom stereocenters. The summed E-state index contributed by atoms with van der Waals surface area (Å²) in [4.78, 5) is 24.1. The standard InChI is InChI=1S/C24H29ClF3N5O6S/c1-4-32-12-19(20(25)31-32)40(36,37)33-11-15(10-16(21(29)34)13-5-6-13)38-18-8-7-14(9-17(18)33)30-22(35)39-23(2,3)24(26,27)28/h7-9,12-13,15-16H,4-6,10-11H2,1-3H3,(H2,29,34)(H,30,35)/t15-,16?/m0/s1. The van der Waals surface area contributed by atoms with E-state index in [0.29, 0.717) is 20.4 Å². The Morgan fingerprint density at radius 1 is 1.30 bits per heavy atom. The van der Waals surface area contributed by atoms with Crippen molar-refractivity contribution in [3.05, 3.63) is 29.5 Å². The normalized spacial score (nSPS) is 18.5. The molecule has 4 rings (SSSR count). The highest BCUT2D eigenvalue weighted by atomic mass is 35.5. The molecule has 0 bridgehead atoms. The van der Waals surface area contributed by atoms with Gasteiger partial charge in [0.2, 0.25) is 11.5 Å². The lowest BCUT2D eigenvalue weighted by Crippen LogP contribution is -2.45. The lowest BCUT2D eigenvalue weighted by atomic mass is 9.95. The van der Waals surface area contributed by atoms with Crippen molar-refractivity contribution in [3.63, 3.8) is 0 Å². The van der Waals surface area contributed by atoms with E-state index in [2.05, 4.69) is 15.2 Å². The van der Waals surface area contributed by atoms with Crippen molar-refractivity contribution >= 4 is 45.0 Å². The smallest absolute Gasteiger partial charge is 0.427 e. The lowest BCUT2D eigenvalue weighted by molar-refractivity contribution is -0.242. The Morgan fingerprint density at radius 2 is 1.98 bits per heavy atom. The zero-order chi connectivity index (χ0) is 29.6. The van der Waals surface area contributed by atoms with Gasteiger partial charge in [-0.3, -0.25) is 19.1 Å². The second-order valence-electron chi connectivity index (χ2n) is 10.2. The van der Waals surface area contributed by atoms with Gasteiger partial charge >= 0.3 is 12.3 Å². The van der Waals surface area contributed by atoms with Crippen LogP contribution in [0.5, 0.6) is 5.75 Å². The maximum atomic E-state index is 13.8. The number of rotatable bonds is 9. The van der Waals surface area contributed by atoms with Crippen LogP contribution >= 0.6 is 11.6 Å². The molecule has 1 aromatic carbocycles. The summed E-state index contributed by atoms with van der Waals surface area (Å²) in [5.41, 5.74) is 2.77. The van der Waals surface area contributed by atoms with Crippen LogP contribution in [0, 0.1) is 11.8 Å². The molecule has 2 aromatic rings. The van der Waals surface area contributed by atoms with E-state index < -0.39 is 45.8 Å². The summed E-state index contributed by atoms with van der Waals surface area (Å²) in [5.74, 6) is -0.802. The van der Waals surface area contributed by atoms with Crippen LogP contribution in [0.4, 0.5) is 29.3 Å². The van der Waals surface area contributed by atoms with E-state index in [4.69, 9.17) is 22.1 Å². The quantitative estimate of drug-likeness (QED) is 0.432. The number of aryl methyl sites for hydroxylation is 1. The number of nitrogens with zero attached hydrogens (tertiary/aromatic N) is 3. The first kappa shape index (κ1) is 29.8. The second kappa shape index (κ2) is 10.7. The number of aromatic nitrogens is 2. The summed E-state index contributed by atoms with van der Waals surface area (Å²) >= 11 is 6.17. The Hall–Kier alpha value is -3.20. The first-order chi connectivity index (χ1) is 18.5. The molecule has 3 N–H and O–H groups in total. The summed E-state index contributed by atoms with van der Waals surface area (Å²) in [6.45, 7) is 3.27. The number of anilines is 2. The molecule has 2 atom stereocenters. The molecule has 1 aromatic heterocycles. The van der Waals surface area contributed by atoms with Gasteiger partial charge in [-0.1, -0.05) is 11.6 Å². The minimum absolute atomic E-state index is 0.00788. The number of primary amides is 1. The number of nitrogens with one attached hydrogen (secondary N) is 1. The maximum absolute atomic E-state index is 13.8. The third kappa shape index (κ3) is 6.09. The third-order valence-electron chi connectivity index (χ3n) is 6.82. The second-order valence-corrected chi connectivity index (χ2v) is 12.4. The molecule has 16 heteroatoms. The summed E-state index contributed by atoms with van der Waals surface area (Å²) in [6, 6.07) is 3.92. The van der Waals surface area contributed by atoms with Gasteiger partial charge in [-0.15, -0.1) is 0 Å². The van der Waals surface area contributed by atoms with E-state index in [1.807, 2.05) is 0 Å². The minimum atomic E-state index is -4.82. The fourth-order valence-electron chi connectivity index (χ4n) is 4.33. The summed E-state index contributed by atoms with van der Waals surface area (Å²) in [6.07, 6.45) is -3.85. The fourth-order valence-corrected chi connectivity index (χ4v) is 6.28. The van der Waals surface area contributed by atoms with Crippen molar-refractivity contribution in [2.75, 3.05) is 16.2 Å². The summed E-state index contributed by atoms with van der Waals surface area (Å²) < 4.78 is 80.1. The number of fused-ring (bicyclic) bond motifs is 1. The Balaban J connectivity index is 1.68. The number of benzene rings is 1. The number of hydrogen-bond donors (Lipinski definition) is 2. The van der Waals surface area contributed by atoms with Crippen molar-refractivity contribution in [1.82, 2.24) is 9.78 Å². The highest BCUT2D eigenvalue weighted by molar-refractivity contribution is 7.93. The first-order valence-corrected chi connectivity index (χ1v) is 14.3. The average molecular weight is 608 g/mol. The highest BCUT2D eigenvalue weighted by Crippen LogP contribution is 2.44. The monoisotopic (exact) mass is 607 g/mol. The molecule has 1 aliphatic heterocycles. The van der Waals surface area contributed by atoms with Crippen LogP contribution in [0.1, 0.15) is 40.0 Å². The molecule has 220 valence electrons. The van der Waals surface area contributed by atoms with Crippen LogP contribution in [0.3, 0.4) is 0 Å². The number of halogens is 4. The molecule has 1 fully saturated rings. The van der Waals surface area contributed by atoms with Crippen molar-refractivity contribution in [3.8, 4) is 5.75 Å². The minimum Gasteiger partial charge on any atom is -0.486 e. The Kier molecular flexibility index (Phi) is 7.93. The number of carbonyl (C=O) groups is 2. The Bertz CT molecular complexity index is 1410. The molecule has 0 radical (unpaired) electrons. The van der Waals surface area contributed by atoms with Gasteiger partial charge in [0.05, 0.1) is 12.2 Å². The maximum Gasteiger partial charge on any atom is 0.427 e. The molecule has 1 saturated carbocycles. The topological polar surface area (TPSA) is 146 Å². The van der Waals surface area contributed by atoms with Crippen LogP contribution < -0.4 is 20.1 Å². The van der Waals surface area contributed by atoms with Crippen LogP contribution in [0.25, 0.3) is 0 Å². The fraction of sp³-hybridized carbons (Fsp3) is 0.542. The number of carbonyl (C=O) groups excluding carboxylic acids is 2. The third-order valence-corrected chi connectivity index (χ3v) is 8.99. The Labute approximate surface area is 233 Å². The van der Waals surface area contributed by atoms with Gasteiger partial charge < -0.3 is 15.2 Å². The van der Waals surface area contributed by atoms with E-state index in [0.717, 1.165) is 17.1 Å². The van der Waals surface area contributed by atoms with Crippen molar-refractivity contribution < 1.29 is 40.7 Å². The number of hydrogen-bond acceptors (Lipinski definition) is 7. The van der Waals surface area contributed by atoms with Crippen molar-refractivity contribution in [2.24, 2.45) is 17.6 Å². The van der Waals surface area contributed by atoms with Gasteiger partial charge in [0.1, 0.15) is 16.7 Å². The number of nitrogens with two attached hydrogens (primary N) is 1. The van der Waals surface area contributed by atoms with Crippen LogP contribution in [-0.2, 0) is 26.1 Å². The van der Waals surface area contributed by atoms with Gasteiger partial charge in [0.25, 0.3) is 10.0 Å². The van der Waals surface area contributed by atoms with Crippen LogP contribution in [0.2, 0.25) is 5.15 Å². The largest absolute Gasteiger partial charge is 0.486 e. The lowest BCUT2D eigenvalue weighted by Gasteiger charge is -2.36. The van der Waals surface area contributed by atoms with E-state index in [-0.39, 0.29) is 46.1 Å². The molecule has 0 spiro atoms. The van der Waals surface area contributed by atoms with Crippen LogP contribution in [0.15, 0.2) is 29.3 Å². The molecule has 0 saturated heterocycles. The predicted octanol–water partition coefficient (Wildman–Crippen LogP) is 4.30. The zero-order valence-electron chi connectivity index (χ0n) is 21.9. The van der Waals surface area contributed by atoms with E-state index in [1.54, 1.807) is 6.92 Å². The zero-order valence-corrected chi connectivity index (χ0v) is 23.4. The SMILES string of the molecule is CCn1cc(S(=O)(=O)N2C[C@H](CC(C(N)=O)C3CC3)Oc3ccc(NC(=O)OC(C)(C)C(F)(F)F)cc32)c(Cl)n1. The number of sulfonamides is 1. The highest BCUT2D eigenvalue weighted by Gasteiger charge is 2.51. The number of amides is 2. The molecule has 11 nitrogen and oxygen atoms in total. The molecular formula is C24H29ClF3N5O6S. The van der Waals surface area contributed by atoms with Gasteiger partial charge in [0, 0.05) is 24.3 Å². The molecule has 2 heterocycles. The number of ether oxygens (including phenoxy) is 2. The van der Waals surface area contributed by atoms with Crippen molar-refractivity contribution in [2.45, 2.75) is 69.4 Å². The molecule has 2 aliphatic rings. The molecule has 40 heavy (non-hydrogen) atoms. The van der Waals surface area contributed by atoms with Gasteiger partial charge in [-0.2, -0.15) is 18.3 Å². The summed E-state index contributed by atoms with van der Waals surface area (Å²) in [7, 11) is -4.35. The van der Waals surface area contributed by atoms with Gasteiger partial charge in [0.15, 0.2) is 5.15 Å². The Morgan fingerprint density at radius 3 is 2.52 bits per heavy atom.